The second-order valence-electron chi connectivity index (χ2n) is 22.5. The van der Waals surface area contributed by atoms with Crippen LogP contribution in [-0.4, -0.2) is 225 Å². The van der Waals surface area contributed by atoms with E-state index in [0.717, 1.165) is 24.5 Å². The summed E-state index contributed by atoms with van der Waals surface area (Å²) in [5, 5.41) is 42.8. The molecule has 102 heavy (non-hydrogen) atoms. The fourth-order valence-corrected chi connectivity index (χ4v) is 10.3. The lowest BCUT2D eigenvalue weighted by molar-refractivity contribution is -0.139. The molecule has 2 aromatic carbocycles. The second-order valence-corrected chi connectivity index (χ2v) is 24.3. The van der Waals surface area contributed by atoms with Gasteiger partial charge in [0.2, 0.25) is 23.6 Å². The number of ether oxygens (including phenoxy) is 10. The number of anilines is 2. The molecule has 0 radical (unpaired) electrons. The summed E-state index contributed by atoms with van der Waals surface area (Å²) in [7, 11) is 0. The number of pyridine rings is 2. The molecule has 4 rings (SSSR count). The number of carboxylic acid groups (broad SMARTS) is 2. The SMILES string of the molecule is O=C(O)CC(NC(=O)C(COCCOCCOCCOCCOC(=O)NCCCCCCNC(=O)OCCOCCOCCOCCOCC(NC(=O)CCCCNc1ccccn1)C(=O)NC(CC(=O)O)c1cc(Cl)cc(Cl)c1)NC(=O)CCCCNc1ccccn1)c1cc(Cl)cc(Cl)c1. The van der Waals surface area contributed by atoms with Gasteiger partial charge in [0.15, 0.2) is 0 Å². The highest BCUT2D eigenvalue weighted by Crippen LogP contribution is 2.27. The summed E-state index contributed by atoms with van der Waals surface area (Å²) in [6.07, 6.45) is 6.98. The first kappa shape index (κ1) is 86.9. The monoisotopic (exact) mass is 1510 g/mol. The zero-order valence-electron chi connectivity index (χ0n) is 57.1. The number of hydrogen-bond donors (Lipinski definition) is 10. The summed E-state index contributed by atoms with van der Waals surface area (Å²) in [4.78, 5) is 109. The van der Waals surface area contributed by atoms with Crippen LogP contribution in [0.15, 0.2) is 85.2 Å². The lowest BCUT2D eigenvalue weighted by Crippen LogP contribution is -2.50. The molecule has 4 unspecified atom stereocenters. The van der Waals surface area contributed by atoms with Crippen LogP contribution >= 0.6 is 46.4 Å². The van der Waals surface area contributed by atoms with Crippen LogP contribution in [0.5, 0.6) is 0 Å². The molecule has 2 heterocycles. The maximum atomic E-state index is 13.6. The number of amides is 6. The number of carbonyl (C=O) groups is 8. The van der Waals surface area contributed by atoms with E-state index in [2.05, 4.69) is 52.5 Å². The number of nitrogens with one attached hydrogen (secondary N) is 8. The molecule has 0 fully saturated rings. The number of alkyl carbamates (subject to hydrolysis) is 2. The smallest absolute Gasteiger partial charge is 0.407 e. The molecule has 0 bridgehead atoms. The zero-order chi connectivity index (χ0) is 73.6. The molecule has 4 aromatic rings. The molecule has 10 N–H and O–H groups in total. The van der Waals surface area contributed by atoms with Gasteiger partial charge in [-0.2, -0.15) is 0 Å². The minimum absolute atomic E-state index is 0.0496. The first-order chi connectivity index (χ1) is 49.4. The molecular formula is C68H96Cl4N10O20. The van der Waals surface area contributed by atoms with Crippen molar-refractivity contribution < 1.29 is 95.9 Å². The van der Waals surface area contributed by atoms with Crippen LogP contribution in [-0.2, 0) is 76.1 Å². The number of aliphatic carboxylic acids is 2. The van der Waals surface area contributed by atoms with E-state index >= 15 is 0 Å². The lowest BCUT2D eigenvalue weighted by Gasteiger charge is -2.23. The molecule has 30 nitrogen and oxygen atoms in total. The van der Waals surface area contributed by atoms with Gasteiger partial charge in [-0.15, -0.1) is 0 Å². The quantitative estimate of drug-likeness (QED) is 0.0189. The minimum atomic E-state index is -1.18. The van der Waals surface area contributed by atoms with Crippen molar-refractivity contribution in [3.63, 3.8) is 0 Å². The van der Waals surface area contributed by atoms with E-state index in [1.807, 2.05) is 36.4 Å². The van der Waals surface area contributed by atoms with Crippen molar-refractivity contribution in [2.45, 2.75) is 101 Å². The van der Waals surface area contributed by atoms with Crippen molar-refractivity contribution in [1.82, 2.24) is 41.9 Å². The van der Waals surface area contributed by atoms with Gasteiger partial charge in [0, 0.05) is 71.5 Å². The Bertz CT molecular complexity index is 2810. The van der Waals surface area contributed by atoms with Gasteiger partial charge >= 0.3 is 24.1 Å². The third-order valence-electron chi connectivity index (χ3n) is 14.2. The molecule has 0 saturated carbocycles. The van der Waals surface area contributed by atoms with Gasteiger partial charge in [0.25, 0.3) is 0 Å². The van der Waals surface area contributed by atoms with Gasteiger partial charge in [-0.1, -0.05) is 71.4 Å². The van der Waals surface area contributed by atoms with Gasteiger partial charge in [0.1, 0.15) is 36.9 Å². The maximum absolute atomic E-state index is 13.6. The van der Waals surface area contributed by atoms with Gasteiger partial charge in [0.05, 0.1) is 131 Å². The predicted octanol–water partition coefficient (Wildman–Crippen LogP) is 7.73. The van der Waals surface area contributed by atoms with Crippen molar-refractivity contribution in [2.75, 3.05) is 156 Å². The summed E-state index contributed by atoms with van der Waals surface area (Å²) < 4.78 is 54.9. The van der Waals surface area contributed by atoms with Crippen LogP contribution in [0.2, 0.25) is 20.1 Å². The van der Waals surface area contributed by atoms with Crippen LogP contribution in [0, 0.1) is 0 Å². The Labute approximate surface area is 613 Å². The van der Waals surface area contributed by atoms with Crippen LogP contribution in [0.25, 0.3) is 0 Å². The number of carboxylic acids is 2. The van der Waals surface area contributed by atoms with E-state index in [1.165, 1.54) is 36.4 Å². The molecule has 0 saturated heterocycles. The highest BCUT2D eigenvalue weighted by Gasteiger charge is 2.28. The normalized spacial score (nSPS) is 12.2. The molecule has 4 atom stereocenters. The van der Waals surface area contributed by atoms with Crippen LogP contribution < -0.4 is 42.5 Å². The van der Waals surface area contributed by atoms with Gasteiger partial charge in [-0.3, -0.25) is 28.8 Å². The van der Waals surface area contributed by atoms with E-state index in [0.29, 0.717) is 75.8 Å². The molecule has 0 aliphatic rings. The molecule has 0 aliphatic carbocycles. The molecule has 34 heteroatoms. The van der Waals surface area contributed by atoms with E-state index in [1.54, 1.807) is 12.4 Å². The predicted molar refractivity (Wildman–Crippen MR) is 380 cm³/mol. The number of aromatic nitrogens is 2. The number of unbranched alkanes of at least 4 members (excludes halogenated alkanes) is 5. The average Bonchev–Trinajstić information content (AvgIpc) is 0.859. The van der Waals surface area contributed by atoms with E-state index in [9.17, 15) is 48.6 Å². The largest absolute Gasteiger partial charge is 0.481 e. The molecule has 0 aliphatic heterocycles. The van der Waals surface area contributed by atoms with E-state index < -0.39 is 72.9 Å². The number of carbonyl (C=O) groups excluding carboxylic acids is 6. The van der Waals surface area contributed by atoms with E-state index in [4.69, 9.17) is 93.8 Å². The first-order valence-corrected chi connectivity index (χ1v) is 35.2. The first-order valence-electron chi connectivity index (χ1n) is 33.7. The van der Waals surface area contributed by atoms with E-state index in [-0.39, 0.29) is 164 Å². The Balaban J connectivity index is 0.928. The standard InChI is InChI=1S/C68H96Cl4N10O20/c69-51-39-49(40-52(70)43-51)55(45-63(85)86)81-65(89)57(79-61(83)15-5-11-19-75-59-13-3-9-17-73-59)47-99-33-31-95-25-23-93-27-29-97-35-37-101-67(91)77-21-7-1-2-8-22-78-68(92)102-38-36-98-30-28-94-24-26-96-32-34-100-48-58(80-62(84)16-6-12-20-76-60-14-4-10-18-74-60)66(90)82-56(46-64(87)88)50-41-53(71)44-54(72)42-50/h3-4,9-10,13-14,17-18,39-44,55-58H,1-2,5-8,11-12,15-16,19-38,45-48H2,(H,73,75)(H,74,76)(H,77,91)(H,78,92)(H,79,83)(H,80,84)(H,81,89)(H,82,90)(H,85,86)(H,87,88). The third-order valence-corrected chi connectivity index (χ3v) is 15.1. The van der Waals surface area contributed by atoms with Crippen molar-refractivity contribution in [2.24, 2.45) is 0 Å². The fraction of sp³-hybridized carbons (Fsp3) is 0.559. The van der Waals surface area contributed by atoms with Crippen LogP contribution in [0.4, 0.5) is 21.2 Å². The Kier molecular flexibility index (Phi) is 47.0. The summed E-state index contributed by atoms with van der Waals surface area (Å²) in [6.45, 7) is 4.51. The van der Waals surface area contributed by atoms with Gasteiger partial charge < -0.3 is 100 Å². The molecule has 0 spiro atoms. The fourth-order valence-electron chi connectivity index (χ4n) is 9.23. The highest BCUT2D eigenvalue weighted by atomic mass is 35.5. The summed E-state index contributed by atoms with van der Waals surface area (Å²) in [5.41, 5.74) is 0.753. The zero-order valence-corrected chi connectivity index (χ0v) is 60.1. The number of halogens is 4. The molecule has 566 valence electrons. The lowest BCUT2D eigenvalue weighted by atomic mass is 10.0. The van der Waals surface area contributed by atoms with Crippen molar-refractivity contribution >= 4 is 106 Å². The summed E-state index contributed by atoms with van der Waals surface area (Å²) in [6, 6.07) is 15.7. The number of benzene rings is 2. The van der Waals surface area contributed by atoms with Crippen molar-refractivity contribution in [3.05, 3.63) is 116 Å². The van der Waals surface area contributed by atoms with Gasteiger partial charge in [-0.05, 0) is 110 Å². The summed E-state index contributed by atoms with van der Waals surface area (Å²) >= 11 is 24.7. The Morgan fingerprint density at radius 1 is 0.382 bits per heavy atom. The average molecular weight is 1520 g/mol. The third kappa shape index (κ3) is 43.5. The van der Waals surface area contributed by atoms with Crippen LogP contribution in [0.3, 0.4) is 0 Å². The molecular weight excluding hydrogens is 1420 g/mol. The molecule has 2 aromatic heterocycles. The topological polar surface area (TPSA) is 391 Å². The number of rotatable bonds is 59. The Morgan fingerprint density at radius 2 is 0.706 bits per heavy atom. The number of hydrogen-bond acceptors (Lipinski definition) is 22. The Hall–Kier alpha value is -7.46. The maximum Gasteiger partial charge on any atom is 0.407 e. The molecule has 6 amide bonds. The second kappa shape index (κ2) is 55.1. The Morgan fingerprint density at radius 3 is 1.03 bits per heavy atom. The van der Waals surface area contributed by atoms with Crippen molar-refractivity contribution in [1.29, 1.82) is 0 Å². The number of nitrogens with zero attached hydrogens (tertiary/aromatic N) is 2. The summed E-state index contributed by atoms with van der Waals surface area (Å²) in [5.74, 6) is -3.02. The van der Waals surface area contributed by atoms with Crippen LogP contribution in [0.1, 0.15) is 100 Å². The highest BCUT2D eigenvalue weighted by molar-refractivity contribution is 6.35. The van der Waals surface area contributed by atoms with Crippen molar-refractivity contribution in [3.8, 4) is 0 Å². The minimum Gasteiger partial charge on any atom is -0.481 e. The van der Waals surface area contributed by atoms with Gasteiger partial charge in [-0.25, -0.2) is 19.6 Å².